The summed E-state index contributed by atoms with van der Waals surface area (Å²) in [5.41, 5.74) is 3.84. The van der Waals surface area contributed by atoms with Crippen LogP contribution in [0.4, 0.5) is 0 Å². The summed E-state index contributed by atoms with van der Waals surface area (Å²) in [4.78, 5) is 4.30. The van der Waals surface area contributed by atoms with Gasteiger partial charge >= 0.3 is 0 Å². The highest BCUT2D eigenvalue weighted by atomic mass is 15.4. The topological polar surface area (TPSA) is 67.5 Å². The first-order chi connectivity index (χ1) is 14.4. The van der Waals surface area contributed by atoms with Crippen LogP contribution in [0.1, 0.15) is 24.4 Å². The van der Waals surface area contributed by atoms with Crippen molar-refractivity contribution in [1.82, 2.24) is 25.1 Å². The number of hydrogen-bond donors (Lipinski definition) is 1. The number of nitrogens with one attached hydrogen (secondary N) is 1. The summed E-state index contributed by atoms with van der Waals surface area (Å²) in [5, 5.41) is 16.9. The zero-order valence-electron chi connectivity index (χ0n) is 16.3. The van der Waals surface area contributed by atoms with E-state index in [1.807, 2.05) is 28.9 Å². The number of nitrogens with zero attached hydrogens (tertiary/aromatic N) is 5. The SMILES string of the molecule is C1=CC/C=C(Cc2nnc3ccc(/C4=C/C/C=C\C=C/CN4)nn23)\C=C/CN=C1. The number of aliphatic imine (C=N–C) groups is 1. The summed E-state index contributed by atoms with van der Waals surface area (Å²) in [6, 6.07) is 3.96. The minimum absolute atomic E-state index is 0.670. The van der Waals surface area contributed by atoms with Crippen molar-refractivity contribution in [2.24, 2.45) is 4.99 Å². The van der Waals surface area contributed by atoms with Crippen LogP contribution in [0.3, 0.4) is 0 Å². The van der Waals surface area contributed by atoms with Gasteiger partial charge in [-0.25, -0.2) is 0 Å². The molecule has 0 aromatic carbocycles. The molecule has 1 N–H and O–H groups in total. The van der Waals surface area contributed by atoms with Gasteiger partial charge in [0.15, 0.2) is 11.5 Å². The van der Waals surface area contributed by atoms with Crippen LogP contribution in [0.15, 0.2) is 83.5 Å². The van der Waals surface area contributed by atoms with Crippen molar-refractivity contribution in [2.75, 3.05) is 13.1 Å². The molecule has 0 spiro atoms. The van der Waals surface area contributed by atoms with Crippen LogP contribution < -0.4 is 5.32 Å². The first kappa shape index (κ1) is 18.8. The highest BCUT2D eigenvalue weighted by Crippen LogP contribution is 2.15. The molecule has 6 nitrogen and oxygen atoms in total. The minimum atomic E-state index is 0.670. The van der Waals surface area contributed by atoms with Crippen LogP contribution in [0.25, 0.3) is 11.3 Å². The first-order valence-corrected chi connectivity index (χ1v) is 9.88. The van der Waals surface area contributed by atoms with E-state index in [0.29, 0.717) is 13.0 Å². The summed E-state index contributed by atoms with van der Waals surface area (Å²) >= 11 is 0. The lowest BCUT2D eigenvalue weighted by Crippen LogP contribution is -2.14. The van der Waals surface area contributed by atoms with E-state index in [1.165, 1.54) is 5.57 Å². The Bertz CT molecular complexity index is 1060. The molecule has 4 heterocycles. The molecule has 0 fully saturated rings. The molecule has 0 unspecified atom stereocenters. The Balaban J connectivity index is 1.61. The van der Waals surface area contributed by atoms with Crippen molar-refractivity contribution in [3.8, 4) is 0 Å². The molecule has 6 heteroatoms. The van der Waals surface area contributed by atoms with Crippen LogP contribution in [0, 0.1) is 0 Å². The molecule has 0 saturated carbocycles. The monoisotopic (exact) mass is 384 g/mol. The van der Waals surface area contributed by atoms with Crippen molar-refractivity contribution in [2.45, 2.75) is 19.3 Å². The van der Waals surface area contributed by atoms with Gasteiger partial charge in [-0.1, -0.05) is 54.7 Å². The number of aromatic nitrogens is 4. The van der Waals surface area contributed by atoms with Gasteiger partial charge in [0, 0.05) is 19.2 Å². The van der Waals surface area contributed by atoms with Crippen LogP contribution in [0.5, 0.6) is 0 Å². The third kappa shape index (κ3) is 5.04. The largest absolute Gasteiger partial charge is 0.380 e. The summed E-state index contributed by atoms with van der Waals surface area (Å²) in [6.07, 6.45) is 25.2. The maximum absolute atomic E-state index is 4.83. The minimum Gasteiger partial charge on any atom is -0.380 e. The van der Waals surface area contributed by atoms with Crippen molar-refractivity contribution >= 4 is 17.6 Å². The van der Waals surface area contributed by atoms with Gasteiger partial charge < -0.3 is 5.32 Å². The lowest BCUT2D eigenvalue weighted by Gasteiger charge is -2.09. The van der Waals surface area contributed by atoms with E-state index in [2.05, 4.69) is 75.2 Å². The average Bonchev–Trinajstić information content (AvgIpc) is 3.20. The van der Waals surface area contributed by atoms with E-state index in [9.17, 15) is 0 Å². The molecule has 0 amide bonds. The van der Waals surface area contributed by atoms with Gasteiger partial charge in [0.2, 0.25) is 0 Å². The Kier molecular flexibility index (Phi) is 6.22. The van der Waals surface area contributed by atoms with Crippen LogP contribution in [-0.2, 0) is 6.42 Å². The van der Waals surface area contributed by atoms with Gasteiger partial charge in [-0.15, -0.1) is 10.2 Å². The molecule has 2 aromatic rings. The van der Waals surface area contributed by atoms with Gasteiger partial charge in [0.05, 0.1) is 12.2 Å². The second-order valence-electron chi connectivity index (χ2n) is 6.73. The predicted octanol–water partition coefficient (Wildman–Crippen LogP) is 3.63. The molecule has 0 bridgehead atoms. The molecule has 2 aromatic heterocycles. The second kappa shape index (κ2) is 9.59. The highest BCUT2D eigenvalue weighted by Gasteiger charge is 2.11. The Morgan fingerprint density at radius 2 is 1.83 bits per heavy atom. The van der Waals surface area contributed by atoms with E-state index in [-0.39, 0.29) is 0 Å². The molecule has 0 atom stereocenters. The van der Waals surface area contributed by atoms with E-state index in [4.69, 9.17) is 5.10 Å². The zero-order valence-corrected chi connectivity index (χ0v) is 16.3. The lowest BCUT2D eigenvalue weighted by molar-refractivity contribution is 0.821. The van der Waals surface area contributed by atoms with Crippen LogP contribution >= 0.6 is 0 Å². The molecule has 2 aliphatic rings. The predicted molar refractivity (Wildman–Crippen MR) is 118 cm³/mol. The Hall–Kier alpha value is -3.54. The van der Waals surface area contributed by atoms with Crippen LogP contribution in [-0.4, -0.2) is 39.1 Å². The molecule has 4 rings (SSSR count). The van der Waals surface area contributed by atoms with Gasteiger partial charge in [-0.2, -0.15) is 9.61 Å². The number of fused-ring (bicyclic) bond motifs is 1. The van der Waals surface area contributed by atoms with Gasteiger partial charge in [0.1, 0.15) is 5.69 Å². The Labute approximate surface area is 170 Å². The smallest absolute Gasteiger partial charge is 0.177 e. The summed E-state index contributed by atoms with van der Waals surface area (Å²) < 4.78 is 1.84. The highest BCUT2D eigenvalue weighted by molar-refractivity contribution is 5.71. The van der Waals surface area contributed by atoms with E-state index >= 15 is 0 Å². The second-order valence-corrected chi connectivity index (χ2v) is 6.73. The molecule has 2 aliphatic heterocycles. The quantitative estimate of drug-likeness (QED) is 0.878. The first-order valence-electron chi connectivity index (χ1n) is 9.88. The van der Waals surface area contributed by atoms with Gasteiger partial charge in [-0.05, 0) is 36.6 Å². The maximum atomic E-state index is 4.83. The molecule has 146 valence electrons. The van der Waals surface area contributed by atoms with Crippen LogP contribution in [0.2, 0.25) is 0 Å². The summed E-state index contributed by atoms with van der Waals surface area (Å²) in [7, 11) is 0. The van der Waals surface area contributed by atoms with Crippen molar-refractivity contribution in [3.05, 3.63) is 90.0 Å². The molecular weight excluding hydrogens is 360 g/mol. The van der Waals surface area contributed by atoms with Crippen molar-refractivity contribution < 1.29 is 0 Å². The third-order valence-electron chi connectivity index (χ3n) is 4.60. The average molecular weight is 384 g/mol. The zero-order chi connectivity index (χ0) is 19.7. The molecular formula is C23H24N6. The molecule has 0 saturated heterocycles. The lowest BCUT2D eigenvalue weighted by atomic mass is 10.1. The number of allylic oxidation sites excluding steroid dienone is 9. The summed E-state index contributed by atoms with van der Waals surface area (Å²) in [5.74, 6) is 0.825. The maximum Gasteiger partial charge on any atom is 0.177 e. The molecule has 29 heavy (non-hydrogen) atoms. The van der Waals surface area contributed by atoms with E-state index in [0.717, 1.165) is 42.2 Å². The Morgan fingerprint density at radius 3 is 2.83 bits per heavy atom. The molecule has 0 radical (unpaired) electrons. The van der Waals surface area contributed by atoms with E-state index < -0.39 is 0 Å². The fourth-order valence-corrected chi connectivity index (χ4v) is 3.14. The molecule has 0 aliphatic carbocycles. The van der Waals surface area contributed by atoms with Gasteiger partial charge in [0.25, 0.3) is 0 Å². The van der Waals surface area contributed by atoms with Crippen molar-refractivity contribution in [1.29, 1.82) is 0 Å². The summed E-state index contributed by atoms with van der Waals surface area (Å²) in [6.45, 7) is 1.44. The number of rotatable bonds is 3. The van der Waals surface area contributed by atoms with Gasteiger partial charge in [-0.3, -0.25) is 4.99 Å². The fraction of sp³-hybridized carbons (Fsp3) is 0.217. The normalized spacial score (nSPS) is 24.1. The third-order valence-corrected chi connectivity index (χ3v) is 4.60. The fourth-order valence-electron chi connectivity index (χ4n) is 3.14. The van der Waals surface area contributed by atoms with Crippen molar-refractivity contribution in [3.63, 3.8) is 0 Å². The van der Waals surface area contributed by atoms with E-state index in [1.54, 1.807) is 0 Å². The Morgan fingerprint density at radius 1 is 0.931 bits per heavy atom. The number of hydrogen-bond acceptors (Lipinski definition) is 5. The standard InChI is InChI=1S/C23H24N6/c1-2-6-12-20(25-17-8-3-1)21-13-14-22-26-27-23(29(22)28-21)18-19-10-5-4-7-15-24-16-9-11-19/h1-4,7-15,25H,5-6,16-18H2/b2-1-,7-4?,8-3-,11-9-,19-10+,20-12-,24-15?.